The van der Waals surface area contributed by atoms with Crippen molar-refractivity contribution in [1.82, 2.24) is 15.5 Å². The first kappa shape index (κ1) is 14.3. The molecule has 1 saturated carbocycles. The molecular weight excluding hydrogens is 222 g/mol. The number of piperazine rings is 1. The molecule has 18 heavy (non-hydrogen) atoms. The molecule has 0 amide bonds. The Morgan fingerprint density at radius 3 is 2.22 bits per heavy atom. The summed E-state index contributed by atoms with van der Waals surface area (Å²) in [6.45, 7) is 12.9. The van der Waals surface area contributed by atoms with Gasteiger partial charge in [-0.2, -0.15) is 0 Å². The maximum absolute atomic E-state index is 3.66. The molecule has 106 valence electrons. The van der Waals surface area contributed by atoms with E-state index in [9.17, 15) is 0 Å². The van der Waals surface area contributed by atoms with Crippen molar-refractivity contribution in [1.29, 1.82) is 0 Å². The molecule has 3 heteroatoms. The van der Waals surface area contributed by atoms with Crippen molar-refractivity contribution in [3.8, 4) is 0 Å². The SMILES string of the molecule is CC(C)(C)NCC1CCC(N2CCNCC2)CC1. The Labute approximate surface area is 113 Å². The Balaban J connectivity index is 1.67. The van der Waals surface area contributed by atoms with Gasteiger partial charge < -0.3 is 10.6 Å². The van der Waals surface area contributed by atoms with Gasteiger partial charge in [0.15, 0.2) is 0 Å². The van der Waals surface area contributed by atoms with E-state index in [0.717, 1.165) is 12.0 Å². The van der Waals surface area contributed by atoms with Gasteiger partial charge in [0.2, 0.25) is 0 Å². The Morgan fingerprint density at radius 1 is 1.06 bits per heavy atom. The summed E-state index contributed by atoms with van der Waals surface area (Å²) in [4.78, 5) is 2.71. The highest BCUT2D eigenvalue weighted by molar-refractivity contribution is 4.84. The molecule has 1 saturated heterocycles. The van der Waals surface area contributed by atoms with E-state index in [4.69, 9.17) is 0 Å². The number of nitrogens with one attached hydrogen (secondary N) is 2. The molecule has 3 nitrogen and oxygen atoms in total. The maximum Gasteiger partial charge on any atom is 0.0110 e. The van der Waals surface area contributed by atoms with Crippen LogP contribution in [0, 0.1) is 5.92 Å². The zero-order chi connectivity index (χ0) is 13.0. The van der Waals surface area contributed by atoms with Gasteiger partial charge in [0.1, 0.15) is 0 Å². The first-order valence-corrected chi connectivity index (χ1v) is 7.74. The fourth-order valence-corrected chi connectivity index (χ4v) is 3.21. The molecule has 2 N–H and O–H groups in total. The smallest absolute Gasteiger partial charge is 0.0110 e. The van der Waals surface area contributed by atoms with Gasteiger partial charge in [0.25, 0.3) is 0 Å². The van der Waals surface area contributed by atoms with Crippen molar-refractivity contribution in [3.63, 3.8) is 0 Å². The molecule has 0 bridgehead atoms. The summed E-state index contributed by atoms with van der Waals surface area (Å²) in [5.41, 5.74) is 0.273. The van der Waals surface area contributed by atoms with Gasteiger partial charge in [-0.05, 0) is 58.9 Å². The zero-order valence-corrected chi connectivity index (χ0v) is 12.5. The van der Waals surface area contributed by atoms with Crippen molar-refractivity contribution in [2.75, 3.05) is 32.7 Å². The highest BCUT2D eigenvalue weighted by Gasteiger charge is 2.26. The molecule has 2 rings (SSSR count). The molecule has 2 aliphatic rings. The first-order valence-electron chi connectivity index (χ1n) is 7.74. The quantitative estimate of drug-likeness (QED) is 0.804. The maximum atomic E-state index is 3.66. The fraction of sp³-hybridized carbons (Fsp3) is 1.00. The van der Waals surface area contributed by atoms with Gasteiger partial charge >= 0.3 is 0 Å². The van der Waals surface area contributed by atoms with Crippen LogP contribution in [0.4, 0.5) is 0 Å². The third kappa shape index (κ3) is 4.52. The van der Waals surface area contributed by atoms with Crippen molar-refractivity contribution in [3.05, 3.63) is 0 Å². The summed E-state index contributed by atoms with van der Waals surface area (Å²) in [7, 11) is 0. The van der Waals surface area contributed by atoms with Crippen LogP contribution in [0.25, 0.3) is 0 Å². The fourth-order valence-electron chi connectivity index (χ4n) is 3.21. The molecule has 0 aromatic heterocycles. The molecule has 0 aromatic rings. The van der Waals surface area contributed by atoms with Crippen molar-refractivity contribution >= 4 is 0 Å². The minimum atomic E-state index is 0.273. The van der Waals surface area contributed by atoms with Crippen LogP contribution < -0.4 is 10.6 Å². The van der Waals surface area contributed by atoms with E-state index in [1.54, 1.807) is 0 Å². The van der Waals surface area contributed by atoms with E-state index >= 15 is 0 Å². The standard InChI is InChI=1S/C15H31N3/c1-15(2,3)17-12-13-4-6-14(7-5-13)18-10-8-16-9-11-18/h13-14,16-17H,4-12H2,1-3H3. The summed E-state index contributed by atoms with van der Waals surface area (Å²) < 4.78 is 0. The molecule has 0 unspecified atom stereocenters. The predicted octanol–water partition coefficient (Wildman–Crippen LogP) is 1.84. The molecular formula is C15H31N3. The van der Waals surface area contributed by atoms with Gasteiger partial charge in [-0.25, -0.2) is 0 Å². The number of nitrogens with zero attached hydrogens (tertiary/aromatic N) is 1. The minimum Gasteiger partial charge on any atom is -0.314 e. The van der Waals surface area contributed by atoms with E-state index in [1.165, 1.54) is 58.4 Å². The van der Waals surface area contributed by atoms with E-state index in [2.05, 4.69) is 36.3 Å². The van der Waals surface area contributed by atoms with Crippen LogP contribution in [0.1, 0.15) is 46.5 Å². The van der Waals surface area contributed by atoms with Crippen LogP contribution in [0.3, 0.4) is 0 Å². The molecule has 0 atom stereocenters. The normalized spacial score (nSPS) is 31.5. The van der Waals surface area contributed by atoms with Gasteiger partial charge in [-0.3, -0.25) is 4.90 Å². The molecule has 2 fully saturated rings. The lowest BCUT2D eigenvalue weighted by Gasteiger charge is -2.39. The number of hydrogen-bond donors (Lipinski definition) is 2. The van der Waals surface area contributed by atoms with E-state index in [0.29, 0.717) is 0 Å². The molecule has 1 aliphatic heterocycles. The van der Waals surface area contributed by atoms with Crippen LogP contribution in [-0.4, -0.2) is 49.2 Å². The second-order valence-corrected chi connectivity index (χ2v) is 7.09. The molecule has 0 spiro atoms. The zero-order valence-electron chi connectivity index (χ0n) is 12.5. The van der Waals surface area contributed by atoms with Gasteiger partial charge in [-0.1, -0.05) is 0 Å². The third-order valence-corrected chi connectivity index (χ3v) is 4.41. The van der Waals surface area contributed by atoms with Gasteiger partial charge in [0.05, 0.1) is 0 Å². The lowest BCUT2D eigenvalue weighted by atomic mass is 9.84. The minimum absolute atomic E-state index is 0.273. The van der Waals surface area contributed by atoms with Crippen LogP contribution >= 0.6 is 0 Å². The number of hydrogen-bond acceptors (Lipinski definition) is 3. The van der Waals surface area contributed by atoms with E-state index < -0.39 is 0 Å². The van der Waals surface area contributed by atoms with Crippen molar-refractivity contribution in [2.24, 2.45) is 5.92 Å². The molecule has 0 radical (unpaired) electrons. The molecule has 1 heterocycles. The van der Waals surface area contributed by atoms with E-state index in [-0.39, 0.29) is 5.54 Å². The summed E-state index contributed by atoms with van der Waals surface area (Å²) in [5, 5.41) is 7.11. The first-order chi connectivity index (χ1) is 8.54. The Bertz CT molecular complexity index is 233. The van der Waals surface area contributed by atoms with Crippen LogP contribution in [-0.2, 0) is 0 Å². The number of rotatable bonds is 3. The summed E-state index contributed by atoms with van der Waals surface area (Å²) in [5.74, 6) is 0.906. The topological polar surface area (TPSA) is 27.3 Å². The predicted molar refractivity (Wildman–Crippen MR) is 77.9 cm³/mol. The second-order valence-electron chi connectivity index (χ2n) is 7.09. The monoisotopic (exact) mass is 253 g/mol. The van der Waals surface area contributed by atoms with Crippen LogP contribution in [0.2, 0.25) is 0 Å². The van der Waals surface area contributed by atoms with Crippen LogP contribution in [0.15, 0.2) is 0 Å². The van der Waals surface area contributed by atoms with Crippen molar-refractivity contribution in [2.45, 2.75) is 58.0 Å². The highest BCUT2D eigenvalue weighted by Crippen LogP contribution is 2.27. The second kappa shape index (κ2) is 6.36. The summed E-state index contributed by atoms with van der Waals surface area (Å²) in [6.07, 6.45) is 5.66. The average Bonchev–Trinajstić information content (AvgIpc) is 2.37. The largest absolute Gasteiger partial charge is 0.314 e. The lowest BCUT2D eigenvalue weighted by molar-refractivity contribution is 0.119. The molecule has 0 aromatic carbocycles. The Kier molecular flexibility index (Phi) is 5.05. The van der Waals surface area contributed by atoms with Gasteiger partial charge in [-0.15, -0.1) is 0 Å². The van der Waals surface area contributed by atoms with E-state index in [1.807, 2.05) is 0 Å². The molecule has 1 aliphatic carbocycles. The van der Waals surface area contributed by atoms with Crippen LogP contribution in [0.5, 0.6) is 0 Å². The summed E-state index contributed by atoms with van der Waals surface area (Å²) in [6, 6.07) is 0.873. The van der Waals surface area contributed by atoms with Gasteiger partial charge in [0, 0.05) is 37.8 Å². The average molecular weight is 253 g/mol. The summed E-state index contributed by atoms with van der Waals surface area (Å²) >= 11 is 0. The Hall–Kier alpha value is -0.120. The van der Waals surface area contributed by atoms with Crippen molar-refractivity contribution < 1.29 is 0 Å². The Morgan fingerprint density at radius 2 is 1.67 bits per heavy atom. The highest BCUT2D eigenvalue weighted by atomic mass is 15.2. The lowest BCUT2D eigenvalue weighted by Crippen LogP contribution is -2.50. The third-order valence-electron chi connectivity index (χ3n) is 4.41.